The average molecular weight is 739 g/mol. The van der Waals surface area contributed by atoms with Crippen molar-refractivity contribution in [1.29, 1.82) is 0 Å². The number of ether oxygens (including phenoxy) is 1. The summed E-state index contributed by atoms with van der Waals surface area (Å²) in [5.74, 6) is -2.50. The highest BCUT2D eigenvalue weighted by molar-refractivity contribution is 5.99. The number of anilines is 2. The van der Waals surface area contributed by atoms with Crippen LogP contribution in [0.1, 0.15) is 84.3 Å². The molecule has 9 N–H and O–H groups in total. The van der Waals surface area contributed by atoms with E-state index in [-0.39, 0.29) is 43.8 Å². The molecule has 290 valence electrons. The van der Waals surface area contributed by atoms with Crippen LogP contribution >= 0.6 is 0 Å². The van der Waals surface area contributed by atoms with Crippen LogP contribution in [0.3, 0.4) is 0 Å². The summed E-state index contributed by atoms with van der Waals surface area (Å²) in [5.41, 5.74) is 7.69. The average Bonchev–Trinajstić information content (AvgIpc) is 3.10. The van der Waals surface area contributed by atoms with Crippen molar-refractivity contribution >= 4 is 53.0 Å². The first-order valence-electron chi connectivity index (χ1n) is 17.8. The fourth-order valence-electron chi connectivity index (χ4n) is 5.15. The minimum absolute atomic E-state index is 0.0310. The fourth-order valence-corrected chi connectivity index (χ4v) is 5.15. The van der Waals surface area contributed by atoms with Crippen molar-refractivity contribution in [2.24, 2.45) is 11.7 Å². The number of hydrogen-bond acceptors (Lipinski definition) is 8. The number of urea groups is 1. The van der Waals surface area contributed by atoms with E-state index in [0.29, 0.717) is 29.8 Å². The molecule has 3 atom stereocenters. The summed E-state index contributed by atoms with van der Waals surface area (Å²) >= 11 is 0. The van der Waals surface area contributed by atoms with Crippen molar-refractivity contribution in [2.75, 3.05) is 17.2 Å². The molecule has 16 nitrogen and oxygen atoms in total. The SMILES string of the molecule is CCCCC[C@@H](NC(C)=O)C(=O)N[C@@H](C(=O)N[C@H](CCCNC(N)=O)C(=O)Nc1ccc(COC(=O)NCc2ccc(NC(C)=O)cc2)cc1)C(C)C. The number of unbranched alkanes of at least 4 members (excludes halogenated alkanes) is 2. The van der Waals surface area contributed by atoms with Gasteiger partial charge in [0.1, 0.15) is 24.7 Å². The summed E-state index contributed by atoms with van der Waals surface area (Å²) in [5, 5.41) is 18.7. The number of nitrogens with one attached hydrogen (secondary N) is 7. The highest BCUT2D eigenvalue weighted by Gasteiger charge is 2.31. The van der Waals surface area contributed by atoms with Gasteiger partial charge in [-0.25, -0.2) is 9.59 Å². The van der Waals surface area contributed by atoms with Gasteiger partial charge < -0.3 is 47.7 Å². The van der Waals surface area contributed by atoms with Crippen LogP contribution in [0.15, 0.2) is 48.5 Å². The highest BCUT2D eigenvalue weighted by Crippen LogP contribution is 2.14. The van der Waals surface area contributed by atoms with Crippen LogP contribution in [0.5, 0.6) is 0 Å². The smallest absolute Gasteiger partial charge is 0.407 e. The minimum Gasteiger partial charge on any atom is -0.445 e. The number of hydrogen-bond donors (Lipinski definition) is 8. The van der Waals surface area contributed by atoms with E-state index in [4.69, 9.17) is 10.5 Å². The molecule has 16 heteroatoms. The van der Waals surface area contributed by atoms with Gasteiger partial charge in [0.2, 0.25) is 29.5 Å². The Hall–Kier alpha value is -5.67. The van der Waals surface area contributed by atoms with Crippen LogP contribution in [0.25, 0.3) is 0 Å². The third kappa shape index (κ3) is 17.4. The maximum atomic E-state index is 13.5. The van der Waals surface area contributed by atoms with Crippen molar-refractivity contribution in [3.8, 4) is 0 Å². The van der Waals surface area contributed by atoms with Crippen molar-refractivity contribution in [3.05, 3.63) is 59.7 Å². The van der Waals surface area contributed by atoms with E-state index < -0.39 is 48.0 Å². The second-order valence-electron chi connectivity index (χ2n) is 13.0. The van der Waals surface area contributed by atoms with Gasteiger partial charge in [-0.2, -0.15) is 0 Å². The van der Waals surface area contributed by atoms with Crippen LogP contribution in [0, 0.1) is 5.92 Å². The Kier molecular flexibility index (Phi) is 18.9. The molecule has 0 radical (unpaired) electrons. The molecule has 0 spiro atoms. The number of carbonyl (C=O) groups excluding carboxylic acids is 7. The molecule has 8 amide bonds. The second-order valence-corrected chi connectivity index (χ2v) is 13.0. The quantitative estimate of drug-likeness (QED) is 0.0883. The predicted octanol–water partition coefficient (Wildman–Crippen LogP) is 3.17. The van der Waals surface area contributed by atoms with E-state index >= 15 is 0 Å². The summed E-state index contributed by atoms with van der Waals surface area (Å²) in [4.78, 5) is 86.5. The molecule has 0 heterocycles. The van der Waals surface area contributed by atoms with E-state index in [0.717, 1.165) is 24.8 Å². The number of rotatable bonds is 21. The molecule has 0 unspecified atom stereocenters. The van der Waals surface area contributed by atoms with E-state index in [1.54, 1.807) is 62.4 Å². The Balaban J connectivity index is 2.02. The predicted molar refractivity (Wildman–Crippen MR) is 200 cm³/mol. The van der Waals surface area contributed by atoms with E-state index in [1.807, 2.05) is 6.92 Å². The zero-order valence-electron chi connectivity index (χ0n) is 31.1. The number of benzene rings is 2. The van der Waals surface area contributed by atoms with Gasteiger partial charge in [-0.05, 0) is 60.6 Å². The molecule has 0 aliphatic heterocycles. The minimum atomic E-state index is -1.04. The van der Waals surface area contributed by atoms with Crippen LogP contribution in [0.2, 0.25) is 0 Å². The molecule has 0 fully saturated rings. The zero-order valence-corrected chi connectivity index (χ0v) is 31.1. The summed E-state index contributed by atoms with van der Waals surface area (Å²) in [7, 11) is 0. The van der Waals surface area contributed by atoms with E-state index in [2.05, 4.69) is 37.2 Å². The Morgan fingerprint density at radius 1 is 0.660 bits per heavy atom. The molecule has 0 aromatic heterocycles. The molecule has 2 aromatic carbocycles. The van der Waals surface area contributed by atoms with Crippen LogP contribution < -0.4 is 43.0 Å². The molecular weight excluding hydrogens is 684 g/mol. The lowest BCUT2D eigenvalue weighted by Gasteiger charge is -2.27. The van der Waals surface area contributed by atoms with Gasteiger partial charge in [0.15, 0.2) is 0 Å². The Morgan fingerprint density at radius 2 is 1.25 bits per heavy atom. The summed E-state index contributed by atoms with van der Waals surface area (Å²) in [6.07, 6.45) is 2.77. The molecule has 0 aliphatic rings. The zero-order chi connectivity index (χ0) is 39.3. The van der Waals surface area contributed by atoms with Gasteiger partial charge in [0.05, 0.1) is 0 Å². The van der Waals surface area contributed by atoms with Gasteiger partial charge in [-0.15, -0.1) is 0 Å². The van der Waals surface area contributed by atoms with Gasteiger partial charge >= 0.3 is 12.1 Å². The van der Waals surface area contributed by atoms with E-state index in [1.165, 1.54) is 13.8 Å². The first-order chi connectivity index (χ1) is 25.2. The number of alkyl carbamates (subject to hydrolysis) is 1. The standard InChI is InChI=1S/C37H54N8O8/c1-6-7-8-10-30(42-25(5)47)34(49)45-32(23(2)3)35(50)44-31(11-9-20-39-36(38)51)33(48)43-29-18-14-27(15-19-29)22-53-37(52)40-21-26-12-16-28(17-13-26)41-24(4)46/h12-19,23,30-32H,6-11,20-22H2,1-5H3,(H,40,52)(H,41,46)(H,42,47)(H,43,48)(H,44,50)(H,45,49)(H3,38,39,51)/t30-,31-,32-/m1/s1. The summed E-state index contributed by atoms with van der Waals surface area (Å²) in [6, 6.07) is 10.0. The maximum absolute atomic E-state index is 13.5. The topological polar surface area (TPSA) is 239 Å². The van der Waals surface area contributed by atoms with Gasteiger partial charge in [-0.3, -0.25) is 24.0 Å². The summed E-state index contributed by atoms with van der Waals surface area (Å²) < 4.78 is 5.30. The van der Waals surface area contributed by atoms with Crippen LogP contribution in [-0.4, -0.2) is 66.3 Å². The normalized spacial score (nSPS) is 12.3. The Bertz CT molecular complexity index is 1530. The third-order valence-electron chi connectivity index (χ3n) is 7.94. The van der Waals surface area contributed by atoms with Gasteiger partial charge in [0.25, 0.3) is 0 Å². The van der Waals surface area contributed by atoms with Crippen LogP contribution in [0.4, 0.5) is 21.0 Å². The fraction of sp³-hybridized carbons (Fsp3) is 0.486. The lowest BCUT2D eigenvalue weighted by molar-refractivity contribution is -0.133. The van der Waals surface area contributed by atoms with Crippen molar-refractivity contribution in [1.82, 2.24) is 26.6 Å². The third-order valence-corrected chi connectivity index (χ3v) is 7.94. The lowest BCUT2D eigenvalue weighted by atomic mass is 10.0. The molecular formula is C37H54N8O8. The molecule has 2 rings (SSSR count). The highest BCUT2D eigenvalue weighted by atomic mass is 16.5. The maximum Gasteiger partial charge on any atom is 0.407 e. The molecule has 0 saturated carbocycles. The summed E-state index contributed by atoms with van der Waals surface area (Å²) in [6.45, 7) is 8.64. The first-order valence-corrected chi connectivity index (χ1v) is 17.8. The number of primary amides is 1. The molecule has 0 aliphatic carbocycles. The van der Waals surface area contributed by atoms with E-state index in [9.17, 15) is 33.6 Å². The molecule has 0 saturated heterocycles. The first kappa shape index (κ1) is 43.5. The van der Waals surface area contributed by atoms with Crippen molar-refractivity contribution < 1.29 is 38.3 Å². The lowest BCUT2D eigenvalue weighted by Crippen LogP contribution is -2.57. The second kappa shape index (κ2) is 23.0. The van der Waals surface area contributed by atoms with Gasteiger partial charge in [-0.1, -0.05) is 64.3 Å². The van der Waals surface area contributed by atoms with Crippen molar-refractivity contribution in [3.63, 3.8) is 0 Å². The monoisotopic (exact) mass is 738 g/mol. The number of amides is 8. The Morgan fingerprint density at radius 3 is 1.81 bits per heavy atom. The van der Waals surface area contributed by atoms with Gasteiger partial charge in [0, 0.05) is 38.3 Å². The number of carbonyl (C=O) groups is 7. The Labute approximate surface area is 310 Å². The molecule has 53 heavy (non-hydrogen) atoms. The van der Waals surface area contributed by atoms with Crippen LogP contribution in [-0.2, 0) is 41.9 Å². The molecule has 2 aromatic rings. The van der Waals surface area contributed by atoms with Crippen molar-refractivity contribution in [2.45, 2.75) is 104 Å². The number of nitrogens with two attached hydrogens (primary N) is 1. The largest absolute Gasteiger partial charge is 0.445 e. The molecule has 0 bridgehead atoms.